The minimum Gasteiger partial charge on any atom is -0.423 e. The molecular weight excluding hydrogens is 446 g/mol. The largest absolute Gasteiger partial charge is 0.423 e. The van der Waals surface area contributed by atoms with Gasteiger partial charge in [-0.25, -0.2) is 18.1 Å². The Bertz CT molecular complexity index is 1470. The lowest BCUT2D eigenvalue weighted by Crippen LogP contribution is -2.23. The van der Waals surface area contributed by atoms with Crippen LogP contribution in [0.4, 0.5) is 0 Å². The Kier molecular flexibility index (Phi) is 5.48. The van der Waals surface area contributed by atoms with E-state index in [9.17, 15) is 8.42 Å². The van der Waals surface area contributed by atoms with Gasteiger partial charge >= 0.3 is 0 Å². The van der Waals surface area contributed by atoms with Crippen LogP contribution in [-0.4, -0.2) is 28.6 Å². The highest BCUT2D eigenvalue weighted by molar-refractivity contribution is 7.89. The number of hydrogen-bond acceptors (Lipinski definition) is 8. The smallest absolute Gasteiger partial charge is 0.242 e. The van der Waals surface area contributed by atoms with Gasteiger partial charge in [0.1, 0.15) is 9.90 Å². The summed E-state index contributed by atoms with van der Waals surface area (Å²) >= 11 is 1.57. The molecule has 5 rings (SSSR count). The van der Waals surface area contributed by atoms with Crippen LogP contribution in [0, 0.1) is 0 Å². The van der Waals surface area contributed by atoms with E-state index >= 15 is 0 Å². The standard InChI is InChI=1S/C22H17N5O3S2/c28-32(29,17-7-4-10-23-13-17)24-14-21-27-26-20(30-21)12-22-25-18-9-8-16(11-19(18)31-22)15-5-2-1-3-6-15/h1-11,13,24H,12,14H2. The molecule has 32 heavy (non-hydrogen) atoms. The Morgan fingerprint density at radius 2 is 1.78 bits per heavy atom. The van der Waals surface area contributed by atoms with E-state index in [0.717, 1.165) is 26.4 Å². The van der Waals surface area contributed by atoms with Crippen LogP contribution in [0.15, 0.2) is 82.4 Å². The van der Waals surface area contributed by atoms with Crippen LogP contribution in [-0.2, 0) is 23.0 Å². The average Bonchev–Trinajstić information content (AvgIpc) is 3.45. The first-order valence-electron chi connectivity index (χ1n) is 9.73. The molecule has 0 atom stereocenters. The number of nitrogens with zero attached hydrogens (tertiary/aromatic N) is 4. The van der Waals surface area contributed by atoms with Gasteiger partial charge in [-0.3, -0.25) is 4.98 Å². The van der Waals surface area contributed by atoms with Crippen molar-refractivity contribution in [2.45, 2.75) is 17.9 Å². The molecule has 0 bridgehead atoms. The predicted octanol–water partition coefficient (Wildman–Crippen LogP) is 3.81. The normalized spacial score (nSPS) is 11.8. The monoisotopic (exact) mass is 463 g/mol. The van der Waals surface area contributed by atoms with E-state index < -0.39 is 10.0 Å². The van der Waals surface area contributed by atoms with Crippen molar-refractivity contribution in [2.75, 3.05) is 0 Å². The number of hydrogen-bond donors (Lipinski definition) is 1. The second-order valence-corrected chi connectivity index (χ2v) is 9.82. The summed E-state index contributed by atoms with van der Waals surface area (Å²) in [6.45, 7) is -0.107. The Labute approximate surface area is 188 Å². The molecule has 0 amide bonds. The number of aromatic nitrogens is 4. The molecule has 10 heteroatoms. The third kappa shape index (κ3) is 4.42. The van der Waals surface area contributed by atoms with Crippen LogP contribution in [0.3, 0.4) is 0 Å². The minimum atomic E-state index is -3.70. The van der Waals surface area contributed by atoms with Gasteiger partial charge in [-0.2, -0.15) is 0 Å². The number of benzene rings is 2. The van der Waals surface area contributed by atoms with Gasteiger partial charge < -0.3 is 4.42 Å². The van der Waals surface area contributed by atoms with E-state index in [1.165, 1.54) is 18.5 Å². The van der Waals surface area contributed by atoms with Crippen LogP contribution >= 0.6 is 11.3 Å². The van der Waals surface area contributed by atoms with Gasteiger partial charge in [0, 0.05) is 12.4 Å². The van der Waals surface area contributed by atoms with Crippen LogP contribution in [0.25, 0.3) is 21.3 Å². The van der Waals surface area contributed by atoms with Crippen molar-refractivity contribution in [3.8, 4) is 11.1 Å². The van der Waals surface area contributed by atoms with Crippen LogP contribution in [0.1, 0.15) is 16.8 Å². The summed E-state index contributed by atoms with van der Waals surface area (Å²) in [5, 5.41) is 8.80. The highest BCUT2D eigenvalue weighted by atomic mass is 32.2. The number of thiazole rings is 1. The van der Waals surface area contributed by atoms with Crippen molar-refractivity contribution >= 4 is 31.6 Å². The number of nitrogens with one attached hydrogen (secondary N) is 1. The van der Waals surface area contributed by atoms with Crippen molar-refractivity contribution in [1.29, 1.82) is 0 Å². The average molecular weight is 464 g/mol. The Morgan fingerprint density at radius 1 is 0.938 bits per heavy atom. The van der Waals surface area contributed by atoms with Gasteiger partial charge in [0.15, 0.2) is 0 Å². The molecule has 160 valence electrons. The Hall–Kier alpha value is -3.47. The topological polar surface area (TPSA) is 111 Å². The molecule has 0 saturated carbocycles. The summed E-state index contributed by atoms with van der Waals surface area (Å²) in [6.07, 6.45) is 3.16. The van der Waals surface area contributed by atoms with Crippen molar-refractivity contribution in [3.63, 3.8) is 0 Å². The predicted molar refractivity (Wildman–Crippen MR) is 120 cm³/mol. The second kappa shape index (κ2) is 8.58. The van der Waals surface area contributed by atoms with Gasteiger partial charge in [-0.05, 0) is 35.4 Å². The fourth-order valence-electron chi connectivity index (χ4n) is 3.16. The lowest BCUT2D eigenvalue weighted by molar-refractivity contribution is 0.451. The molecule has 8 nitrogen and oxygen atoms in total. The quantitative estimate of drug-likeness (QED) is 0.391. The summed E-state index contributed by atoms with van der Waals surface area (Å²) in [5.41, 5.74) is 3.20. The summed E-state index contributed by atoms with van der Waals surface area (Å²) < 4.78 is 33.7. The molecule has 2 aromatic carbocycles. The van der Waals surface area contributed by atoms with E-state index in [4.69, 9.17) is 4.42 Å². The maximum Gasteiger partial charge on any atom is 0.242 e. The zero-order valence-electron chi connectivity index (χ0n) is 16.7. The third-order valence-electron chi connectivity index (χ3n) is 4.71. The maximum absolute atomic E-state index is 12.3. The van der Waals surface area contributed by atoms with Gasteiger partial charge in [-0.1, -0.05) is 36.4 Å². The molecule has 0 aliphatic rings. The molecule has 5 aromatic rings. The number of pyridine rings is 1. The summed E-state index contributed by atoms with van der Waals surface area (Å²) in [7, 11) is -3.70. The number of rotatable bonds is 7. The summed E-state index contributed by atoms with van der Waals surface area (Å²) in [6, 6.07) is 19.4. The molecule has 0 unspecified atom stereocenters. The Morgan fingerprint density at radius 3 is 2.59 bits per heavy atom. The molecule has 3 aromatic heterocycles. The molecule has 3 heterocycles. The lowest BCUT2D eigenvalue weighted by atomic mass is 10.1. The van der Waals surface area contributed by atoms with E-state index in [1.54, 1.807) is 17.4 Å². The van der Waals surface area contributed by atoms with Crippen molar-refractivity contribution in [3.05, 3.63) is 89.8 Å². The Balaban J connectivity index is 1.28. The van der Waals surface area contributed by atoms with Crippen molar-refractivity contribution < 1.29 is 12.8 Å². The fourth-order valence-corrected chi connectivity index (χ4v) is 5.10. The molecule has 0 fully saturated rings. The van der Waals surface area contributed by atoms with Crippen molar-refractivity contribution in [2.24, 2.45) is 0 Å². The molecule has 0 spiro atoms. The first kappa shape index (κ1) is 20.4. The van der Waals surface area contributed by atoms with Gasteiger partial charge in [0.2, 0.25) is 21.8 Å². The zero-order chi connectivity index (χ0) is 22.0. The first-order valence-corrected chi connectivity index (χ1v) is 12.0. The van der Waals surface area contributed by atoms with E-state index in [1.807, 2.05) is 24.3 Å². The maximum atomic E-state index is 12.3. The molecule has 1 N–H and O–H groups in total. The van der Waals surface area contributed by atoms with E-state index in [0.29, 0.717) is 12.3 Å². The highest BCUT2D eigenvalue weighted by Crippen LogP contribution is 2.29. The molecule has 0 saturated heterocycles. The lowest BCUT2D eigenvalue weighted by Gasteiger charge is -2.03. The minimum absolute atomic E-state index is 0.0732. The number of sulfonamides is 1. The van der Waals surface area contributed by atoms with Crippen LogP contribution < -0.4 is 4.72 Å². The molecule has 0 aliphatic heterocycles. The van der Waals surface area contributed by atoms with Crippen molar-refractivity contribution in [1.82, 2.24) is 24.9 Å². The van der Waals surface area contributed by atoms with E-state index in [2.05, 4.69) is 49.2 Å². The first-order chi connectivity index (χ1) is 15.6. The third-order valence-corrected chi connectivity index (χ3v) is 7.11. The zero-order valence-corrected chi connectivity index (χ0v) is 18.3. The SMILES string of the molecule is O=S(=O)(NCc1nnc(Cc2nc3ccc(-c4ccccc4)cc3s2)o1)c1cccnc1. The second-order valence-electron chi connectivity index (χ2n) is 6.94. The summed E-state index contributed by atoms with van der Waals surface area (Å²) in [4.78, 5) is 8.54. The highest BCUT2D eigenvalue weighted by Gasteiger charge is 2.16. The fraction of sp³-hybridized carbons (Fsp3) is 0.0909. The number of fused-ring (bicyclic) bond motifs is 1. The summed E-state index contributed by atoms with van der Waals surface area (Å²) in [5.74, 6) is 0.558. The van der Waals surface area contributed by atoms with Gasteiger partial charge in [0.25, 0.3) is 0 Å². The van der Waals surface area contributed by atoms with Crippen LogP contribution in [0.5, 0.6) is 0 Å². The molecule has 0 radical (unpaired) electrons. The molecular formula is C22H17N5O3S2. The van der Waals surface area contributed by atoms with Gasteiger partial charge in [0.05, 0.1) is 23.2 Å². The molecule has 0 aliphatic carbocycles. The van der Waals surface area contributed by atoms with Crippen LogP contribution in [0.2, 0.25) is 0 Å². The van der Waals surface area contributed by atoms with Gasteiger partial charge in [-0.15, -0.1) is 21.5 Å². The van der Waals surface area contributed by atoms with E-state index in [-0.39, 0.29) is 17.3 Å².